The van der Waals surface area contributed by atoms with E-state index in [2.05, 4.69) is 46.0 Å². The van der Waals surface area contributed by atoms with Gasteiger partial charge in [-0.2, -0.15) is 0 Å². The van der Waals surface area contributed by atoms with Gasteiger partial charge in [0.2, 0.25) is 5.13 Å². The lowest BCUT2D eigenvalue weighted by Crippen LogP contribution is -2.14. The molecule has 0 fully saturated rings. The first kappa shape index (κ1) is 16.4. The summed E-state index contributed by atoms with van der Waals surface area (Å²) >= 11 is 1.41. The zero-order valence-corrected chi connectivity index (χ0v) is 14.6. The van der Waals surface area contributed by atoms with Gasteiger partial charge >= 0.3 is 0 Å². The van der Waals surface area contributed by atoms with E-state index in [0.29, 0.717) is 23.0 Å². The molecule has 3 rings (SSSR count). The van der Waals surface area contributed by atoms with Crippen LogP contribution in [0.1, 0.15) is 23.9 Å². The lowest BCUT2D eigenvalue weighted by atomic mass is 9.98. The predicted molar refractivity (Wildman–Crippen MR) is 98.3 cm³/mol. The van der Waals surface area contributed by atoms with Crippen LogP contribution in [0.3, 0.4) is 0 Å². The van der Waals surface area contributed by atoms with Crippen LogP contribution in [0.2, 0.25) is 0 Å². The highest BCUT2D eigenvalue weighted by molar-refractivity contribution is 7.15. The molecule has 0 bridgehead atoms. The maximum atomic E-state index is 12.2. The van der Waals surface area contributed by atoms with Gasteiger partial charge in [0.15, 0.2) is 0 Å². The molecule has 1 amide bonds. The van der Waals surface area contributed by atoms with E-state index < -0.39 is 0 Å². The van der Waals surface area contributed by atoms with Gasteiger partial charge in [-0.15, -0.1) is 10.2 Å². The Morgan fingerprint density at radius 1 is 1.29 bits per heavy atom. The summed E-state index contributed by atoms with van der Waals surface area (Å²) in [5.74, 6) is 0.364. The number of hydrogen-bond donors (Lipinski definition) is 2. The summed E-state index contributed by atoms with van der Waals surface area (Å²) in [5, 5.41) is 15.6. The zero-order chi connectivity index (χ0) is 16.9. The molecule has 124 valence electrons. The minimum absolute atomic E-state index is 0.126. The van der Waals surface area contributed by atoms with Crippen LogP contribution in [0.25, 0.3) is 0 Å². The lowest BCUT2D eigenvalue weighted by Gasteiger charge is -2.10. The van der Waals surface area contributed by atoms with Crippen molar-refractivity contribution in [1.82, 2.24) is 10.2 Å². The van der Waals surface area contributed by atoms with E-state index in [4.69, 9.17) is 0 Å². The molecule has 1 heterocycles. The van der Waals surface area contributed by atoms with Crippen LogP contribution in [0.5, 0.6) is 0 Å². The molecule has 6 heteroatoms. The molecular weight excluding hydrogens is 320 g/mol. The number of allylic oxidation sites excluding steroid dienone is 2. The molecule has 1 aliphatic carbocycles. The van der Waals surface area contributed by atoms with Gasteiger partial charge in [-0.3, -0.25) is 10.1 Å². The maximum absolute atomic E-state index is 12.2. The highest BCUT2D eigenvalue weighted by Crippen LogP contribution is 2.21. The van der Waals surface area contributed by atoms with Gasteiger partial charge in [-0.05, 0) is 30.0 Å². The van der Waals surface area contributed by atoms with E-state index in [-0.39, 0.29) is 5.91 Å². The van der Waals surface area contributed by atoms with Crippen LogP contribution < -0.4 is 10.6 Å². The normalized spacial score (nSPS) is 16.6. The van der Waals surface area contributed by atoms with Gasteiger partial charge in [0, 0.05) is 24.7 Å². The molecular formula is C18H20N4OS. The second-order valence-corrected chi connectivity index (χ2v) is 6.87. The second-order valence-electron chi connectivity index (χ2n) is 5.81. The van der Waals surface area contributed by atoms with Crippen molar-refractivity contribution in [2.75, 3.05) is 17.7 Å². The molecule has 0 radical (unpaired) electrons. The van der Waals surface area contributed by atoms with Crippen molar-refractivity contribution < 1.29 is 4.79 Å². The summed E-state index contributed by atoms with van der Waals surface area (Å²) in [5.41, 5.74) is 2.93. The third kappa shape index (κ3) is 4.08. The second kappa shape index (κ2) is 7.40. The fourth-order valence-electron chi connectivity index (χ4n) is 2.40. The fourth-order valence-corrected chi connectivity index (χ4v) is 3.17. The van der Waals surface area contributed by atoms with Crippen LogP contribution in [-0.4, -0.2) is 23.2 Å². The number of benzene rings is 1. The highest BCUT2D eigenvalue weighted by Gasteiger charge is 2.14. The first-order valence-electron chi connectivity index (χ1n) is 7.93. The standard InChI is InChI=1S/C18H20N4OS/c1-12-3-7-14(8-4-12)17(23)20-18-22-21-16(24-18)11-13-5-9-15(19-2)10-6-13/h3,5-10,12,19H,4,11H2,1-2H3,(H,20,22,23). The molecule has 0 aliphatic heterocycles. The predicted octanol–water partition coefficient (Wildman–Crippen LogP) is 3.63. The molecule has 5 nitrogen and oxygen atoms in total. The number of hydrogen-bond acceptors (Lipinski definition) is 5. The number of anilines is 2. The number of rotatable bonds is 5. The van der Waals surface area contributed by atoms with Crippen LogP contribution >= 0.6 is 11.3 Å². The smallest absolute Gasteiger partial charge is 0.257 e. The molecule has 0 spiro atoms. The summed E-state index contributed by atoms with van der Waals surface area (Å²) in [6.45, 7) is 2.13. The maximum Gasteiger partial charge on any atom is 0.257 e. The van der Waals surface area contributed by atoms with Crippen LogP contribution in [0.4, 0.5) is 10.8 Å². The van der Waals surface area contributed by atoms with E-state index in [0.717, 1.165) is 22.7 Å². The first-order valence-corrected chi connectivity index (χ1v) is 8.74. The molecule has 1 unspecified atom stereocenters. The number of nitrogens with zero attached hydrogens (tertiary/aromatic N) is 2. The van der Waals surface area contributed by atoms with Gasteiger partial charge in [0.1, 0.15) is 5.01 Å². The molecule has 0 saturated heterocycles. The highest BCUT2D eigenvalue weighted by atomic mass is 32.1. The molecule has 1 aromatic heterocycles. The van der Waals surface area contributed by atoms with Crippen molar-refractivity contribution in [3.63, 3.8) is 0 Å². The van der Waals surface area contributed by atoms with Gasteiger partial charge in [0.05, 0.1) is 0 Å². The Hall–Kier alpha value is -2.47. The quantitative estimate of drug-likeness (QED) is 0.872. The summed E-state index contributed by atoms with van der Waals surface area (Å²) in [6, 6.07) is 8.18. The minimum atomic E-state index is -0.126. The number of carbonyl (C=O) groups excluding carboxylic acids is 1. The monoisotopic (exact) mass is 340 g/mol. The van der Waals surface area contributed by atoms with Crippen molar-refractivity contribution in [3.8, 4) is 0 Å². The molecule has 1 aromatic carbocycles. The first-order chi connectivity index (χ1) is 11.6. The van der Waals surface area contributed by atoms with Gasteiger partial charge in [-0.1, -0.05) is 48.6 Å². The van der Waals surface area contributed by atoms with Gasteiger partial charge in [0.25, 0.3) is 5.91 Å². The number of nitrogens with one attached hydrogen (secondary N) is 2. The summed E-state index contributed by atoms with van der Waals surface area (Å²) in [6.07, 6.45) is 7.48. The largest absolute Gasteiger partial charge is 0.388 e. The average molecular weight is 340 g/mol. The molecule has 24 heavy (non-hydrogen) atoms. The molecule has 0 saturated carbocycles. The Labute approximate surface area is 145 Å². The van der Waals surface area contributed by atoms with E-state index in [1.165, 1.54) is 11.3 Å². The Bertz CT molecular complexity index is 777. The van der Waals surface area contributed by atoms with Crippen molar-refractivity contribution >= 4 is 28.1 Å². The zero-order valence-electron chi connectivity index (χ0n) is 13.7. The van der Waals surface area contributed by atoms with Crippen molar-refractivity contribution in [1.29, 1.82) is 0 Å². The SMILES string of the molecule is CNc1ccc(Cc2nnc(NC(=O)C3=CCC(C)C=C3)s2)cc1. The van der Waals surface area contributed by atoms with Gasteiger partial charge in [-0.25, -0.2) is 0 Å². The van der Waals surface area contributed by atoms with Crippen molar-refractivity contribution in [2.24, 2.45) is 5.92 Å². The Morgan fingerprint density at radius 2 is 2.08 bits per heavy atom. The fraction of sp³-hybridized carbons (Fsp3) is 0.278. The number of amides is 1. The lowest BCUT2D eigenvalue weighted by molar-refractivity contribution is -0.112. The molecule has 1 aliphatic rings. The van der Waals surface area contributed by atoms with E-state index in [1.54, 1.807) is 0 Å². The summed E-state index contributed by atoms with van der Waals surface area (Å²) in [4.78, 5) is 12.2. The van der Waals surface area contributed by atoms with Crippen molar-refractivity contribution in [3.05, 3.63) is 58.6 Å². The summed E-state index contributed by atoms with van der Waals surface area (Å²) < 4.78 is 0. The number of carbonyl (C=O) groups is 1. The van der Waals surface area contributed by atoms with Crippen molar-refractivity contribution in [2.45, 2.75) is 19.8 Å². The Balaban J connectivity index is 1.61. The Morgan fingerprint density at radius 3 is 2.75 bits per heavy atom. The van der Waals surface area contributed by atoms with E-state index in [9.17, 15) is 4.79 Å². The molecule has 2 aromatic rings. The third-order valence-corrected chi connectivity index (χ3v) is 4.70. The average Bonchev–Trinajstić information content (AvgIpc) is 3.03. The van der Waals surface area contributed by atoms with Crippen LogP contribution in [0, 0.1) is 5.92 Å². The van der Waals surface area contributed by atoms with E-state index >= 15 is 0 Å². The van der Waals surface area contributed by atoms with E-state index in [1.807, 2.05) is 31.3 Å². The Kier molecular flexibility index (Phi) is 5.05. The third-order valence-electron chi connectivity index (χ3n) is 3.86. The summed E-state index contributed by atoms with van der Waals surface area (Å²) in [7, 11) is 1.90. The molecule has 2 N–H and O–H groups in total. The van der Waals surface area contributed by atoms with Crippen LogP contribution in [-0.2, 0) is 11.2 Å². The topological polar surface area (TPSA) is 66.9 Å². The number of aromatic nitrogens is 2. The minimum Gasteiger partial charge on any atom is -0.388 e. The molecule has 1 atom stereocenters. The van der Waals surface area contributed by atoms with Crippen LogP contribution in [0.15, 0.2) is 48.1 Å². The van der Waals surface area contributed by atoms with Gasteiger partial charge < -0.3 is 5.32 Å².